The van der Waals surface area contributed by atoms with Crippen molar-refractivity contribution in [1.82, 2.24) is 10.8 Å². The monoisotopic (exact) mass is 420 g/mol. The molecule has 0 spiro atoms. The van der Waals surface area contributed by atoms with E-state index in [1.54, 1.807) is 5.48 Å². The minimum absolute atomic E-state index is 0.0297. The fourth-order valence-electron chi connectivity index (χ4n) is 4.25. The number of ether oxygens (including phenoxy) is 2. The van der Waals surface area contributed by atoms with E-state index in [2.05, 4.69) is 33.0 Å². The second-order valence-corrected chi connectivity index (χ2v) is 9.16. The average Bonchev–Trinajstić information content (AvgIpc) is 3.13. The van der Waals surface area contributed by atoms with E-state index in [0.717, 1.165) is 5.56 Å². The van der Waals surface area contributed by atoms with Crippen molar-refractivity contribution in [3.8, 4) is 0 Å². The van der Waals surface area contributed by atoms with E-state index in [4.69, 9.17) is 9.47 Å². The summed E-state index contributed by atoms with van der Waals surface area (Å²) in [4.78, 5) is 25.3. The van der Waals surface area contributed by atoms with E-state index in [1.807, 2.05) is 37.3 Å². The summed E-state index contributed by atoms with van der Waals surface area (Å²) < 4.78 is 10.8. The molecule has 2 rings (SSSR count). The van der Waals surface area contributed by atoms with Crippen molar-refractivity contribution in [3.63, 3.8) is 0 Å². The molecule has 168 valence electrons. The largest absolute Gasteiger partial charge is 0.356 e. The van der Waals surface area contributed by atoms with Crippen molar-refractivity contribution in [3.05, 3.63) is 35.9 Å². The first-order chi connectivity index (χ1) is 14.1. The summed E-state index contributed by atoms with van der Waals surface area (Å²) in [6, 6.07) is 9.22. The summed E-state index contributed by atoms with van der Waals surface area (Å²) in [7, 11) is 0. The van der Waals surface area contributed by atoms with Crippen LogP contribution in [0, 0.1) is 22.7 Å². The molecule has 1 aromatic rings. The summed E-state index contributed by atoms with van der Waals surface area (Å²) in [6.07, 6.45) is 0.790. The Morgan fingerprint density at radius 3 is 2.27 bits per heavy atom. The van der Waals surface area contributed by atoms with E-state index in [9.17, 15) is 14.8 Å². The maximum Gasteiger partial charge on any atom is 0.246 e. The predicted molar refractivity (Wildman–Crippen MR) is 114 cm³/mol. The maximum absolute atomic E-state index is 13.0. The lowest BCUT2D eigenvalue weighted by Gasteiger charge is -2.24. The summed E-state index contributed by atoms with van der Waals surface area (Å²) in [5.74, 6) is -1.12. The normalized spacial score (nSPS) is 19.0. The molecule has 7 nitrogen and oxygen atoms in total. The Hall–Kier alpha value is -1.96. The van der Waals surface area contributed by atoms with Gasteiger partial charge < -0.3 is 14.8 Å². The molecule has 2 unspecified atom stereocenters. The molecule has 1 aliphatic carbocycles. The number of hydroxylamine groups is 1. The summed E-state index contributed by atoms with van der Waals surface area (Å²) in [5, 5.41) is 12.3. The number of carbonyl (C=O) groups is 2. The van der Waals surface area contributed by atoms with Crippen LogP contribution < -0.4 is 10.8 Å². The van der Waals surface area contributed by atoms with Crippen LogP contribution in [0.2, 0.25) is 0 Å². The Balaban J connectivity index is 2.09. The zero-order valence-corrected chi connectivity index (χ0v) is 18.7. The second-order valence-electron chi connectivity index (χ2n) is 9.16. The van der Waals surface area contributed by atoms with Crippen LogP contribution in [0.1, 0.15) is 46.6 Å². The highest BCUT2D eigenvalue weighted by Gasteiger charge is 2.68. The minimum atomic E-state index is -0.515. The quantitative estimate of drug-likeness (QED) is 0.209. The molecule has 0 aromatic heterocycles. The highest BCUT2D eigenvalue weighted by Crippen LogP contribution is 2.68. The van der Waals surface area contributed by atoms with Crippen molar-refractivity contribution in [2.24, 2.45) is 22.7 Å². The Morgan fingerprint density at radius 2 is 1.73 bits per heavy atom. The molecular formula is C23H36N2O5. The van der Waals surface area contributed by atoms with Gasteiger partial charge in [0, 0.05) is 18.4 Å². The lowest BCUT2D eigenvalue weighted by Crippen LogP contribution is -2.44. The van der Waals surface area contributed by atoms with Crippen molar-refractivity contribution < 1.29 is 24.3 Å². The van der Waals surface area contributed by atoms with Gasteiger partial charge in [0.15, 0.2) is 0 Å². The number of nitrogens with one attached hydrogen (secondary N) is 2. The SMILES string of the molecule is CCOCOCC(CC(Cc1ccccc1)C(=O)NO)NC(=O)C1C(C)(C)C1(C)C. The molecule has 1 aliphatic rings. The van der Waals surface area contributed by atoms with Gasteiger partial charge in [-0.25, -0.2) is 5.48 Å². The van der Waals surface area contributed by atoms with Crippen molar-refractivity contribution in [2.75, 3.05) is 20.0 Å². The third-order valence-corrected chi connectivity index (χ3v) is 6.69. The standard InChI is InChI=1S/C23H36N2O5/c1-6-29-15-30-14-18(24-21(27)19-22(2,3)23(19,4)5)13-17(20(26)25-28)12-16-10-8-7-9-11-16/h7-11,17-19,28H,6,12-15H2,1-5H3,(H,24,27)(H,25,26). The highest BCUT2D eigenvalue weighted by atomic mass is 16.7. The first kappa shape index (κ1) is 24.3. The fraction of sp³-hybridized carbons (Fsp3) is 0.652. The molecule has 2 atom stereocenters. The fourth-order valence-corrected chi connectivity index (χ4v) is 4.25. The molecule has 1 aromatic carbocycles. The molecule has 0 aliphatic heterocycles. The van der Waals surface area contributed by atoms with Gasteiger partial charge in [-0.2, -0.15) is 0 Å². The molecule has 1 saturated carbocycles. The first-order valence-electron chi connectivity index (χ1n) is 10.6. The molecule has 0 bridgehead atoms. The molecule has 7 heteroatoms. The molecule has 3 N–H and O–H groups in total. The lowest BCUT2D eigenvalue weighted by molar-refractivity contribution is -0.135. The Morgan fingerprint density at radius 1 is 1.10 bits per heavy atom. The number of hydrogen-bond acceptors (Lipinski definition) is 5. The topological polar surface area (TPSA) is 96.9 Å². The summed E-state index contributed by atoms with van der Waals surface area (Å²) >= 11 is 0. The van der Waals surface area contributed by atoms with E-state index in [1.165, 1.54) is 0 Å². The number of amides is 2. The number of rotatable bonds is 12. The smallest absolute Gasteiger partial charge is 0.246 e. The van der Waals surface area contributed by atoms with Crippen molar-refractivity contribution >= 4 is 11.8 Å². The van der Waals surface area contributed by atoms with Crippen LogP contribution in [-0.4, -0.2) is 43.1 Å². The zero-order chi connectivity index (χ0) is 22.4. The van der Waals surface area contributed by atoms with Crippen LogP contribution in [0.5, 0.6) is 0 Å². The summed E-state index contributed by atoms with van der Waals surface area (Å²) in [5.41, 5.74) is 2.58. The van der Waals surface area contributed by atoms with Gasteiger partial charge in [0.2, 0.25) is 11.8 Å². The third-order valence-electron chi connectivity index (χ3n) is 6.69. The van der Waals surface area contributed by atoms with Gasteiger partial charge in [-0.3, -0.25) is 14.8 Å². The Kier molecular flexibility index (Phi) is 8.41. The first-order valence-corrected chi connectivity index (χ1v) is 10.6. The van der Waals surface area contributed by atoms with Gasteiger partial charge in [-0.1, -0.05) is 58.0 Å². The van der Waals surface area contributed by atoms with E-state index >= 15 is 0 Å². The Bertz CT molecular complexity index is 691. The Labute approximate surface area is 179 Å². The van der Waals surface area contributed by atoms with Crippen LogP contribution >= 0.6 is 0 Å². The van der Waals surface area contributed by atoms with Gasteiger partial charge in [0.25, 0.3) is 0 Å². The predicted octanol–water partition coefficient (Wildman–Crippen LogP) is 2.92. The summed E-state index contributed by atoms with van der Waals surface area (Å²) in [6.45, 7) is 11.1. The van der Waals surface area contributed by atoms with Crippen molar-refractivity contribution in [1.29, 1.82) is 0 Å². The van der Waals surface area contributed by atoms with E-state index in [-0.39, 0.29) is 42.1 Å². The zero-order valence-electron chi connectivity index (χ0n) is 18.7. The highest BCUT2D eigenvalue weighted by molar-refractivity contribution is 5.84. The van der Waals surface area contributed by atoms with E-state index < -0.39 is 11.8 Å². The van der Waals surface area contributed by atoms with Gasteiger partial charge in [-0.05, 0) is 36.2 Å². The van der Waals surface area contributed by atoms with E-state index in [0.29, 0.717) is 19.4 Å². The number of benzene rings is 1. The molecule has 0 radical (unpaired) electrons. The minimum Gasteiger partial charge on any atom is -0.356 e. The number of hydrogen-bond donors (Lipinski definition) is 3. The van der Waals surface area contributed by atoms with Crippen LogP contribution in [0.3, 0.4) is 0 Å². The molecule has 0 heterocycles. The second kappa shape index (κ2) is 10.4. The molecule has 30 heavy (non-hydrogen) atoms. The average molecular weight is 421 g/mol. The van der Waals surface area contributed by atoms with Gasteiger partial charge >= 0.3 is 0 Å². The van der Waals surface area contributed by atoms with Crippen LogP contribution in [-0.2, 0) is 25.5 Å². The molecular weight excluding hydrogens is 384 g/mol. The molecule has 2 amide bonds. The maximum atomic E-state index is 13.0. The van der Waals surface area contributed by atoms with Crippen LogP contribution in [0.25, 0.3) is 0 Å². The van der Waals surface area contributed by atoms with Crippen molar-refractivity contribution in [2.45, 2.75) is 53.5 Å². The van der Waals surface area contributed by atoms with Crippen LogP contribution in [0.4, 0.5) is 0 Å². The van der Waals surface area contributed by atoms with Gasteiger partial charge in [0.1, 0.15) is 6.79 Å². The molecule has 0 saturated heterocycles. The number of carbonyl (C=O) groups excluding carboxylic acids is 2. The third kappa shape index (κ3) is 5.80. The van der Waals surface area contributed by atoms with Gasteiger partial charge in [-0.15, -0.1) is 0 Å². The lowest BCUT2D eigenvalue weighted by atomic mass is 9.92. The van der Waals surface area contributed by atoms with Gasteiger partial charge in [0.05, 0.1) is 12.6 Å². The molecule has 1 fully saturated rings. The van der Waals surface area contributed by atoms with Crippen LogP contribution in [0.15, 0.2) is 30.3 Å².